The summed E-state index contributed by atoms with van der Waals surface area (Å²) in [5, 5.41) is 8.77. The summed E-state index contributed by atoms with van der Waals surface area (Å²) >= 11 is 1.56. The number of aromatic nitrogens is 3. The number of benzene rings is 1. The number of rotatable bonds is 3. The van der Waals surface area contributed by atoms with Crippen LogP contribution in [0.1, 0.15) is 39.2 Å². The predicted octanol–water partition coefficient (Wildman–Crippen LogP) is 5.04. The maximum atomic E-state index is 5.50. The van der Waals surface area contributed by atoms with Gasteiger partial charge in [0.05, 0.1) is 12.2 Å². The first kappa shape index (κ1) is 26.8. The van der Waals surface area contributed by atoms with Crippen molar-refractivity contribution in [3.8, 4) is 0 Å². The smallest absolute Gasteiger partial charge is 0.149 e. The summed E-state index contributed by atoms with van der Waals surface area (Å²) in [7, 11) is 1.68. The van der Waals surface area contributed by atoms with Gasteiger partial charge in [-0.2, -0.15) is 0 Å². The van der Waals surface area contributed by atoms with E-state index in [-0.39, 0.29) is 5.48 Å². The van der Waals surface area contributed by atoms with Crippen LogP contribution in [-0.2, 0) is 9.47 Å². The van der Waals surface area contributed by atoms with Gasteiger partial charge in [0.15, 0.2) is 0 Å². The summed E-state index contributed by atoms with van der Waals surface area (Å²) in [6.07, 6.45) is 4.64. The molecule has 1 saturated heterocycles. The number of methoxy groups -OCH3 is 1. The fourth-order valence-electron chi connectivity index (χ4n) is 2.96. The summed E-state index contributed by atoms with van der Waals surface area (Å²) in [5.74, 6) is 0. The van der Waals surface area contributed by atoms with Crippen molar-refractivity contribution >= 4 is 22.8 Å². The number of hydrogen-bond donors (Lipinski definition) is 0. The first-order chi connectivity index (χ1) is 14.4. The lowest BCUT2D eigenvalue weighted by molar-refractivity contribution is -0.0101. The Bertz CT molecular complexity index is 904. The fraction of sp³-hybridized carbons (Fsp3) is 0.435. The minimum absolute atomic E-state index is 0. The zero-order chi connectivity index (χ0) is 21.9. The third-order valence-corrected chi connectivity index (χ3v) is 5.34. The molecule has 7 nitrogen and oxygen atoms in total. The van der Waals surface area contributed by atoms with Gasteiger partial charge in [-0.15, -0.1) is 0 Å². The molecule has 2 aromatic heterocycles. The predicted molar refractivity (Wildman–Crippen MR) is 124 cm³/mol. The van der Waals surface area contributed by atoms with Gasteiger partial charge in [-0.3, -0.25) is 0 Å². The van der Waals surface area contributed by atoms with Crippen LogP contribution in [0.4, 0.5) is 0 Å². The molecule has 0 saturated carbocycles. The highest BCUT2D eigenvalue weighted by atomic mass is 32.2. The fourth-order valence-corrected chi connectivity index (χ4v) is 3.81. The summed E-state index contributed by atoms with van der Waals surface area (Å²) in [6, 6.07) is 9.84. The van der Waals surface area contributed by atoms with E-state index < -0.39 is 0 Å². The molecule has 0 amide bonds. The minimum atomic E-state index is 0. The standard InChI is InChI=1S/C12H9N3OS.C8H14O.C3H8O.H2O/c1-8-5-6-9(12-11(8)14-16-15-12)17-10-4-2-3-7-13-10;1-6-4-7(2)9-8(3)5-6;1-3-4-2;/h2-7H,1H3;7-8H,1,4-5H2,2-3H3;3H2,1-2H3;1H2. The molecule has 0 bridgehead atoms. The van der Waals surface area contributed by atoms with E-state index in [9.17, 15) is 0 Å². The molecule has 1 fully saturated rings. The van der Waals surface area contributed by atoms with Crippen LogP contribution in [0.25, 0.3) is 11.0 Å². The van der Waals surface area contributed by atoms with E-state index >= 15 is 0 Å². The first-order valence-electron chi connectivity index (χ1n) is 10.1. The van der Waals surface area contributed by atoms with Crippen molar-refractivity contribution < 1.29 is 19.6 Å². The average Bonchev–Trinajstić information content (AvgIpc) is 3.22. The van der Waals surface area contributed by atoms with Crippen molar-refractivity contribution in [2.75, 3.05) is 13.7 Å². The summed E-state index contributed by atoms with van der Waals surface area (Å²) in [4.78, 5) is 5.28. The van der Waals surface area contributed by atoms with Gasteiger partial charge in [0.2, 0.25) is 0 Å². The topological polar surface area (TPSA) is 102 Å². The number of nitrogens with zero attached hydrogens (tertiary/aromatic N) is 3. The highest BCUT2D eigenvalue weighted by molar-refractivity contribution is 7.99. The largest absolute Gasteiger partial charge is 0.412 e. The molecule has 0 radical (unpaired) electrons. The van der Waals surface area contributed by atoms with Gasteiger partial charge in [-0.1, -0.05) is 36.0 Å². The first-order valence-corrected chi connectivity index (χ1v) is 10.9. The molecule has 0 spiro atoms. The molecular weight excluding hydrogens is 414 g/mol. The highest BCUT2D eigenvalue weighted by Gasteiger charge is 2.17. The molecule has 2 unspecified atom stereocenters. The number of fused-ring (bicyclic) bond motifs is 1. The molecule has 2 atom stereocenters. The van der Waals surface area contributed by atoms with E-state index in [1.807, 2.05) is 44.2 Å². The van der Waals surface area contributed by atoms with Crippen molar-refractivity contribution in [2.45, 2.75) is 62.7 Å². The minimum Gasteiger partial charge on any atom is -0.412 e. The highest BCUT2D eigenvalue weighted by Crippen LogP contribution is 2.31. The van der Waals surface area contributed by atoms with Crippen molar-refractivity contribution in [3.05, 3.63) is 54.2 Å². The van der Waals surface area contributed by atoms with E-state index in [0.717, 1.165) is 46.0 Å². The van der Waals surface area contributed by atoms with E-state index in [1.54, 1.807) is 25.1 Å². The van der Waals surface area contributed by atoms with Crippen LogP contribution in [0.3, 0.4) is 0 Å². The van der Waals surface area contributed by atoms with Gasteiger partial charge in [0.25, 0.3) is 0 Å². The van der Waals surface area contributed by atoms with E-state index in [4.69, 9.17) is 9.37 Å². The van der Waals surface area contributed by atoms with Crippen LogP contribution in [0.5, 0.6) is 0 Å². The van der Waals surface area contributed by atoms with Crippen LogP contribution in [-0.4, -0.2) is 46.7 Å². The molecule has 1 aliphatic rings. The van der Waals surface area contributed by atoms with Gasteiger partial charge in [-0.25, -0.2) is 9.61 Å². The molecule has 8 heteroatoms. The van der Waals surface area contributed by atoms with Crippen molar-refractivity contribution in [1.29, 1.82) is 0 Å². The number of ether oxygens (including phenoxy) is 2. The normalized spacial score (nSPS) is 17.6. The quantitative estimate of drug-likeness (QED) is 0.519. The second-order valence-electron chi connectivity index (χ2n) is 7.10. The molecule has 1 aliphatic heterocycles. The molecule has 0 aliphatic carbocycles. The molecule has 3 aromatic rings. The van der Waals surface area contributed by atoms with E-state index in [0.29, 0.717) is 12.2 Å². The van der Waals surface area contributed by atoms with Crippen LogP contribution >= 0.6 is 11.8 Å². The van der Waals surface area contributed by atoms with Crippen molar-refractivity contribution in [2.24, 2.45) is 0 Å². The lowest BCUT2D eigenvalue weighted by atomic mass is 10.0. The van der Waals surface area contributed by atoms with Crippen LogP contribution < -0.4 is 0 Å². The Kier molecular flexibility index (Phi) is 12.0. The Morgan fingerprint density at radius 1 is 1.10 bits per heavy atom. The molecule has 3 heterocycles. The van der Waals surface area contributed by atoms with Crippen LogP contribution in [0.2, 0.25) is 0 Å². The van der Waals surface area contributed by atoms with Gasteiger partial charge < -0.3 is 14.9 Å². The lowest BCUT2D eigenvalue weighted by Crippen LogP contribution is -2.23. The molecule has 4 rings (SSSR count). The number of hydrogen-bond acceptors (Lipinski definition) is 7. The number of pyridine rings is 1. The zero-order valence-electron chi connectivity index (χ0n) is 18.9. The third-order valence-electron chi connectivity index (χ3n) is 4.34. The average molecular weight is 448 g/mol. The Morgan fingerprint density at radius 2 is 1.74 bits per heavy atom. The maximum Gasteiger partial charge on any atom is 0.149 e. The second-order valence-corrected chi connectivity index (χ2v) is 8.17. The summed E-state index contributed by atoms with van der Waals surface area (Å²) in [6.45, 7) is 12.9. The van der Waals surface area contributed by atoms with E-state index in [1.165, 1.54) is 5.57 Å². The van der Waals surface area contributed by atoms with Gasteiger partial charge >= 0.3 is 0 Å². The Morgan fingerprint density at radius 3 is 2.29 bits per heavy atom. The molecular formula is C23H33N3O4S. The maximum absolute atomic E-state index is 5.50. The van der Waals surface area contributed by atoms with Gasteiger partial charge in [0.1, 0.15) is 16.1 Å². The van der Waals surface area contributed by atoms with Crippen LogP contribution in [0, 0.1) is 6.92 Å². The van der Waals surface area contributed by atoms with Crippen LogP contribution in [0.15, 0.2) is 63.2 Å². The van der Waals surface area contributed by atoms with Gasteiger partial charge in [0, 0.05) is 24.8 Å². The monoisotopic (exact) mass is 447 g/mol. The van der Waals surface area contributed by atoms with Gasteiger partial charge in [-0.05, 0) is 74.6 Å². The van der Waals surface area contributed by atoms with Crippen molar-refractivity contribution in [1.82, 2.24) is 15.3 Å². The molecule has 1 aromatic carbocycles. The number of aryl methyl sites for hydroxylation is 1. The third kappa shape index (κ3) is 8.78. The lowest BCUT2D eigenvalue weighted by Gasteiger charge is -2.26. The Hall–Kier alpha value is -2.26. The Balaban J connectivity index is 0.000000291. The summed E-state index contributed by atoms with van der Waals surface area (Å²) in [5.41, 5.74) is 4.00. The summed E-state index contributed by atoms with van der Waals surface area (Å²) < 4.78 is 14.8. The van der Waals surface area contributed by atoms with Crippen molar-refractivity contribution in [3.63, 3.8) is 0 Å². The molecule has 2 N–H and O–H groups in total. The molecule has 31 heavy (non-hydrogen) atoms. The SMILES string of the molecule is C=C1CC(C)OC(C)C1.CCOC.Cc1ccc(Sc2ccccn2)c2nonc12.O. The second kappa shape index (κ2) is 13.9. The van der Waals surface area contributed by atoms with E-state index in [2.05, 4.69) is 40.5 Å². The zero-order valence-corrected chi connectivity index (χ0v) is 19.7. The Labute approximate surface area is 188 Å². The molecule has 170 valence electrons.